The third-order valence-corrected chi connectivity index (χ3v) is 3.44. The highest BCUT2D eigenvalue weighted by Crippen LogP contribution is 2.05. The average Bonchev–Trinajstić information content (AvgIpc) is 2.95. The van der Waals surface area contributed by atoms with Crippen LogP contribution in [0.25, 0.3) is 11.2 Å². The van der Waals surface area contributed by atoms with Crippen molar-refractivity contribution in [3.05, 3.63) is 26.7 Å². The maximum absolute atomic E-state index is 11.7. The maximum Gasteiger partial charge on any atom is 0.329 e. The van der Waals surface area contributed by atoms with E-state index in [1.165, 1.54) is 11.6 Å². The van der Waals surface area contributed by atoms with Gasteiger partial charge in [-0.1, -0.05) is 6.92 Å². The van der Waals surface area contributed by atoms with Crippen molar-refractivity contribution in [1.82, 2.24) is 30.2 Å². The molecular formula is C14H23ClN6O3. The number of aromatic nitrogens is 4. The van der Waals surface area contributed by atoms with Crippen molar-refractivity contribution in [1.29, 1.82) is 0 Å². The molecule has 0 saturated carbocycles. The van der Waals surface area contributed by atoms with E-state index in [4.69, 9.17) is 0 Å². The first-order valence-electron chi connectivity index (χ1n) is 7.68. The van der Waals surface area contributed by atoms with Crippen molar-refractivity contribution in [2.45, 2.75) is 26.2 Å². The van der Waals surface area contributed by atoms with Crippen molar-refractivity contribution in [2.75, 3.05) is 19.6 Å². The Morgan fingerprint density at radius 1 is 1.21 bits per heavy atom. The van der Waals surface area contributed by atoms with Crippen LogP contribution in [-0.4, -0.2) is 45.1 Å². The number of nitrogens with one attached hydrogen (secondary N) is 4. The van der Waals surface area contributed by atoms with Crippen LogP contribution in [0.1, 0.15) is 25.6 Å². The highest BCUT2D eigenvalue weighted by atomic mass is 35.5. The number of amides is 1. The second-order valence-electron chi connectivity index (χ2n) is 5.30. The highest BCUT2D eigenvalue weighted by Gasteiger charge is 2.11. The zero-order chi connectivity index (χ0) is 16.8. The summed E-state index contributed by atoms with van der Waals surface area (Å²) < 4.78 is 1.26. The first-order chi connectivity index (χ1) is 11.0. The van der Waals surface area contributed by atoms with Gasteiger partial charge in [-0.25, -0.2) is 9.78 Å². The van der Waals surface area contributed by atoms with Crippen molar-refractivity contribution in [3.8, 4) is 0 Å². The fraction of sp³-hybridized carbons (Fsp3) is 0.571. The van der Waals surface area contributed by atoms with Gasteiger partial charge < -0.3 is 15.6 Å². The lowest BCUT2D eigenvalue weighted by Gasteiger charge is -2.05. The molecule has 0 saturated heterocycles. The van der Waals surface area contributed by atoms with E-state index in [1.807, 2.05) is 0 Å². The second kappa shape index (κ2) is 9.24. The Hall–Kier alpha value is -2.13. The lowest BCUT2D eigenvalue weighted by atomic mass is 10.3. The van der Waals surface area contributed by atoms with Crippen LogP contribution in [0.3, 0.4) is 0 Å². The SMILES string of the molecule is CCCNCCNC(=O)CCc1nc2c([nH]1)c(=O)[nH]c(=O)n2C.Cl. The van der Waals surface area contributed by atoms with Gasteiger partial charge in [0, 0.05) is 33.0 Å². The first-order valence-corrected chi connectivity index (χ1v) is 7.68. The number of aryl methyl sites for hydroxylation is 2. The molecule has 10 heteroatoms. The van der Waals surface area contributed by atoms with Crippen LogP contribution in [-0.2, 0) is 18.3 Å². The molecule has 0 fully saturated rings. The summed E-state index contributed by atoms with van der Waals surface area (Å²) in [6.07, 6.45) is 1.69. The summed E-state index contributed by atoms with van der Waals surface area (Å²) in [6, 6.07) is 0. The molecule has 0 atom stereocenters. The van der Waals surface area contributed by atoms with Crippen LogP contribution in [0.5, 0.6) is 0 Å². The third-order valence-electron chi connectivity index (χ3n) is 3.44. The monoisotopic (exact) mass is 358 g/mol. The minimum atomic E-state index is -0.516. The number of halogens is 1. The van der Waals surface area contributed by atoms with Crippen LogP contribution in [0.2, 0.25) is 0 Å². The summed E-state index contributed by atoms with van der Waals surface area (Å²) in [6.45, 7) is 4.33. The molecule has 0 aromatic carbocycles. The molecule has 0 aliphatic rings. The average molecular weight is 359 g/mol. The molecule has 0 spiro atoms. The van der Waals surface area contributed by atoms with Crippen LogP contribution >= 0.6 is 12.4 Å². The summed E-state index contributed by atoms with van der Waals surface area (Å²) in [5.41, 5.74) is -0.490. The molecule has 0 radical (unpaired) electrons. The Morgan fingerprint density at radius 2 is 1.96 bits per heavy atom. The smallest absolute Gasteiger partial charge is 0.329 e. The van der Waals surface area contributed by atoms with Gasteiger partial charge in [-0.2, -0.15) is 0 Å². The van der Waals surface area contributed by atoms with Crippen molar-refractivity contribution >= 4 is 29.5 Å². The fourth-order valence-electron chi connectivity index (χ4n) is 2.18. The lowest BCUT2D eigenvalue weighted by Crippen LogP contribution is -2.32. The van der Waals surface area contributed by atoms with E-state index in [1.54, 1.807) is 0 Å². The normalized spacial score (nSPS) is 10.6. The summed E-state index contributed by atoms with van der Waals surface area (Å²) in [5.74, 6) is 0.428. The topological polar surface area (TPSA) is 125 Å². The number of hydrogen-bond acceptors (Lipinski definition) is 5. The molecule has 9 nitrogen and oxygen atoms in total. The number of nitrogens with zero attached hydrogens (tertiary/aromatic N) is 2. The van der Waals surface area contributed by atoms with Crippen molar-refractivity contribution in [2.24, 2.45) is 7.05 Å². The van der Waals surface area contributed by atoms with Crippen LogP contribution < -0.4 is 21.9 Å². The Kier molecular flexibility index (Phi) is 7.66. The van der Waals surface area contributed by atoms with Gasteiger partial charge in [-0.15, -0.1) is 12.4 Å². The molecule has 2 heterocycles. The summed E-state index contributed by atoms with van der Waals surface area (Å²) >= 11 is 0. The highest BCUT2D eigenvalue weighted by molar-refractivity contribution is 5.85. The zero-order valence-electron chi connectivity index (χ0n) is 13.8. The van der Waals surface area contributed by atoms with Crippen LogP contribution in [0.4, 0.5) is 0 Å². The Morgan fingerprint density at radius 3 is 2.67 bits per heavy atom. The Bertz CT molecular complexity index is 794. The predicted octanol–water partition coefficient (Wildman–Crippen LogP) is -0.580. The summed E-state index contributed by atoms with van der Waals surface area (Å²) in [4.78, 5) is 44.2. The molecule has 0 unspecified atom stereocenters. The second-order valence-corrected chi connectivity index (χ2v) is 5.30. The number of hydrogen-bond donors (Lipinski definition) is 4. The minimum absolute atomic E-state index is 0. The molecular weight excluding hydrogens is 336 g/mol. The minimum Gasteiger partial charge on any atom is -0.355 e. The quantitative estimate of drug-likeness (QED) is 0.470. The van der Waals surface area contributed by atoms with Gasteiger partial charge in [0.15, 0.2) is 5.65 Å². The van der Waals surface area contributed by atoms with Gasteiger partial charge in [-0.3, -0.25) is 19.1 Å². The zero-order valence-corrected chi connectivity index (χ0v) is 14.6. The largest absolute Gasteiger partial charge is 0.355 e. The van der Waals surface area contributed by atoms with Gasteiger partial charge in [-0.05, 0) is 13.0 Å². The summed E-state index contributed by atoms with van der Waals surface area (Å²) in [5, 5.41) is 6.01. The predicted molar refractivity (Wildman–Crippen MR) is 93.7 cm³/mol. The molecule has 0 aliphatic heterocycles. The molecule has 0 aliphatic carbocycles. The summed E-state index contributed by atoms with van der Waals surface area (Å²) in [7, 11) is 1.53. The number of carbonyl (C=O) groups is 1. The maximum atomic E-state index is 11.7. The molecule has 2 aromatic heterocycles. The van der Waals surface area contributed by atoms with Gasteiger partial charge in [0.1, 0.15) is 11.3 Å². The molecule has 24 heavy (non-hydrogen) atoms. The molecule has 0 bridgehead atoms. The van der Waals surface area contributed by atoms with E-state index in [-0.39, 0.29) is 35.9 Å². The number of imidazole rings is 1. The van der Waals surface area contributed by atoms with Gasteiger partial charge in [0.05, 0.1) is 0 Å². The van der Waals surface area contributed by atoms with E-state index in [0.717, 1.165) is 19.5 Å². The number of carbonyl (C=O) groups excluding carboxylic acids is 1. The molecule has 2 aromatic rings. The Labute approximate surface area is 144 Å². The van der Waals surface area contributed by atoms with Crippen LogP contribution in [0.15, 0.2) is 9.59 Å². The number of rotatable bonds is 8. The van der Waals surface area contributed by atoms with Gasteiger partial charge in [0.25, 0.3) is 5.56 Å². The van der Waals surface area contributed by atoms with Crippen molar-refractivity contribution < 1.29 is 4.79 Å². The standard InChI is InChI=1S/C14H22N6O3.ClH/c1-3-6-15-7-8-16-10(21)5-4-9-17-11-12(18-9)20(2)14(23)19-13(11)22;/h15H,3-8H2,1-2H3,(H,16,21)(H,17,18)(H,19,22,23);1H. The van der Waals surface area contributed by atoms with Crippen LogP contribution in [0, 0.1) is 0 Å². The van der Waals surface area contributed by atoms with E-state index in [2.05, 4.69) is 32.5 Å². The van der Waals surface area contributed by atoms with Gasteiger partial charge in [0.2, 0.25) is 5.91 Å². The molecule has 2 rings (SSSR count). The number of fused-ring (bicyclic) bond motifs is 1. The molecule has 134 valence electrons. The third kappa shape index (κ3) is 4.93. The first kappa shape index (κ1) is 19.9. The van der Waals surface area contributed by atoms with E-state index in [9.17, 15) is 14.4 Å². The van der Waals surface area contributed by atoms with E-state index < -0.39 is 11.2 Å². The fourth-order valence-corrected chi connectivity index (χ4v) is 2.18. The number of aromatic amines is 2. The molecule has 1 amide bonds. The molecule has 4 N–H and O–H groups in total. The van der Waals surface area contributed by atoms with E-state index >= 15 is 0 Å². The Balaban J connectivity index is 0.00000288. The van der Waals surface area contributed by atoms with Crippen molar-refractivity contribution in [3.63, 3.8) is 0 Å². The van der Waals surface area contributed by atoms with Gasteiger partial charge >= 0.3 is 5.69 Å². The number of H-pyrrole nitrogens is 2. The lowest BCUT2D eigenvalue weighted by molar-refractivity contribution is -0.121. The van der Waals surface area contributed by atoms with E-state index in [0.29, 0.717) is 18.8 Å².